The van der Waals surface area contributed by atoms with Crippen LogP contribution in [0.25, 0.3) is 5.57 Å². The Balaban J connectivity index is 1.65. The molecule has 0 saturated carbocycles. The second-order valence-corrected chi connectivity index (χ2v) is 7.59. The van der Waals surface area contributed by atoms with E-state index in [1.165, 1.54) is 4.90 Å². The molecule has 0 spiro atoms. The van der Waals surface area contributed by atoms with Gasteiger partial charge in [-0.3, -0.25) is 9.59 Å². The first-order chi connectivity index (χ1) is 15.6. The molecule has 2 heterocycles. The topological polar surface area (TPSA) is 73.6 Å². The van der Waals surface area contributed by atoms with E-state index in [0.717, 1.165) is 17.7 Å². The molecule has 0 bridgehead atoms. The van der Waals surface area contributed by atoms with Gasteiger partial charge in [0.2, 0.25) is 0 Å². The molecule has 2 aliphatic heterocycles. The van der Waals surface area contributed by atoms with Crippen LogP contribution in [0.5, 0.6) is 5.75 Å². The summed E-state index contributed by atoms with van der Waals surface area (Å²) in [5, 5.41) is 9.09. The number of imide groups is 1. The summed E-state index contributed by atoms with van der Waals surface area (Å²) in [5.74, 6) is -0.0883. The van der Waals surface area contributed by atoms with Crippen LogP contribution in [-0.4, -0.2) is 25.5 Å². The van der Waals surface area contributed by atoms with Crippen LogP contribution in [0.15, 0.2) is 78.5 Å². The summed E-state index contributed by atoms with van der Waals surface area (Å²) in [4.78, 5) is 30.5. The summed E-state index contributed by atoms with van der Waals surface area (Å²) in [5.41, 5.74) is 4.37. The number of nitrogens with zero attached hydrogens (tertiary/aromatic N) is 3. The predicted octanol–water partition coefficient (Wildman–Crippen LogP) is 3.91. The van der Waals surface area contributed by atoms with Gasteiger partial charge in [-0.15, -0.1) is 0 Å². The minimum absolute atomic E-state index is 0.360. The second kappa shape index (κ2) is 7.71. The lowest BCUT2D eigenvalue weighted by atomic mass is 10.0. The lowest BCUT2D eigenvalue weighted by Gasteiger charge is -2.21. The van der Waals surface area contributed by atoms with E-state index in [0.29, 0.717) is 40.4 Å². The molecule has 0 saturated heterocycles. The number of carbonyl (C=O) groups excluding carboxylic acids is 2. The third-order valence-electron chi connectivity index (χ3n) is 5.85. The molecular weight excluding hydrogens is 402 g/mol. The Morgan fingerprint density at radius 1 is 0.906 bits per heavy atom. The Kier molecular flexibility index (Phi) is 4.72. The number of para-hydroxylation sites is 1. The number of amides is 2. The van der Waals surface area contributed by atoms with E-state index >= 15 is 0 Å². The summed E-state index contributed by atoms with van der Waals surface area (Å²) in [6.45, 7) is 0.620. The van der Waals surface area contributed by atoms with Crippen LogP contribution in [0, 0.1) is 11.3 Å². The van der Waals surface area contributed by atoms with Crippen LogP contribution >= 0.6 is 0 Å². The van der Waals surface area contributed by atoms with Crippen molar-refractivity contribution >= 4 is 28.8 Å². The first-order valence-corrected chi connectivity index (χ1v) is 10.3. The highest BCUT2D eigenvalue weighted by molar-refractivity contribution is 6.46. The highest BCUT2D eigenvalue weighted by Gasteiger charge is 2.44. The Bertz CT molecular complexity index is 1300. The number of methoxy groups -OCH3 is 1. The minimum atomic E-state index is -0.385. The molecule has 0 atom stereocenters. The summed E-state index contributed by atoms with van der Waals surface area (Å²) in [6.07, 6.45) is 0.800. The van der Waals surface area contributed by atoms with E-state index in [1.54, 1.807) is 55.6 Å². The zero-order chi connectivity index (χ0) is 22.2. The van der Waals surface area contributed by atoms with Crippen molar-refractivity contribution in [2.75, 3.05) is 23.5 Å². The lowest BCUT2D eigenvalue weighted by Crippen LogP contribution is -2.34. The van der Waals surface area contributed by atoms with Crippen molar-refractivity contribution < 1.29 is 14.3 Å². The van der Waals surface area contributed by atoms with Crippen LogP contribution in [0.2, 0.25) is 0 Å². The minimum Gasteiger partial charge on any atom is -0.497 e. The second-order valence-electron chi connectivity index (χ2n) is 7.59. The lowest BCUT2D eigenvalue weighted by molar-refractivity contribution is -0.120. The van der Waals surface area contributed by atoms with Crippen molar-refractivity contribution in [1.29, 1.82) is 5.26 Å². The highest BCUT2D eigenvalue weighted by atomic mass is 16.5. The Labute approximate surface area is 185 Å². The predicted molar refractivity (Wildman–Crippen MR) is 121 cm³/mol. The highest BCUT2D eigenvalue weighted by Crippen LogP contribution is 2.40. The summed E-state index contributed by atoms with van der Waals surface area (Å²) >= 11 is 0. The number of anilines is 2. The number of nitriles is 1. The van der Waals surface area contributed by atoms with Crippen molar-refractivity contribution in [2.45, 2.75) is 6.42 Å². The maximum atomic E-state index is 13.7. The van der Waals surface area contributed by atoms with E-state index in [1.807, 2.05) is 29.2 Å². The molecule has 5 rings (SSSR count). The molecule has 0 N–H and O–H groups in total. The normalized spacial score (nSPS) is 15.2. The molecule has 0 unspecified atom stereocenters. The SMILES string of the molecule is COc1ccc(C2=C(N3CCc4ccccc43)C(=O)N(c3ccc(C#N)cc3)C2=O)cc1. The summed E-state index contributed by atoms with van der Waals surface area (Å²) < 4.78 is 5.25. The Hall–Kier alpha value is -4.37. The molecule has 3 aromatic rings. The third-order valence-corrected chi connectivity index (χ3v) is 5.85. The average Bonchev–Trinajstić information content (AvgIpc) is 3.37. The number of rotatable bonds is 4. The first-order valence-electron chi connectivity index (χ1n) is 10.3. The van der Waals surface area contributed by atoms with Gasteiger partial charge in [0.15, 0.2) is 0 Å². The van der Waals surface area contributed by atoms with Crippen molar-refractivity contribution in [3.05, 3.63) is 95.2 Å². The summed E-state index contributed by atoms with van der Waals surface area (Å²) in [6, 6.07) is 23.6. The van der Waals surface area contributed by atoms with Crippen molar-refractivity contribution in [2.24, 2.45) is 0 Å². The van der Waals surface area contributed by atoms with Crippen LogP contribution in [0.3, 0.4) is 0 Å². The van der Waals surface area contributed by atoms with Crippen molar-refractivity contribution in [3.63, 3.8) is 0 Å². The van der Waals surface area contributed by atoms with Crippen LogP contribution < -0.4 is 14.5 Å². The first kappa shape index (κ1) is 19.6. The summed E-state index contributed by atoms with van der Waals surface area (Å²) in [7, 11) is 1.58. The zero-order valence-corrected chi connectivity index (χ0v) is 17.4. The smallest absolute Gasteiger partial charge is 0.282 e. The fourth-order valence-electron chi connectivity index (χ4n) is 4.28. The van der Waals surface area contributed by atoms with E-state index in [4.69, 9.17) is 10.00 Å². The van der Waals surface area contributed by atoms with Gasteiger partial charge in [-0.2, -0.15) is 5.26 Å². The fourth-order valence-corrected chi connectivity index (χ4v) is 4.28. The molecule has 3 aromatic carbocycles. The number of hydrogen-bond acceptors (Lipinski definition) is 5. The molecule has 2 aliphatic rings. The van der Waals surface area contributed by atoms with Gasteiger partial charge < -0.3 is 9.64 Å². The van der Waals surface area contributed by atoms with E-state index < -0.39 is 0 Å². The van der Waals surface area contributed by atoms with Gasteiger partial charge in [0.25, 0.3) is 11.8 Å². The molecular formula is C26H19N3O3. The van der Waals surface area contributed by atoms with Crippen LogP contribution in [0.1, 0.15) is 16.7 Å². The van der Waals surface area contributed by atoms with Gasteiger partial charge >= 0.3 is 0 Å². The maximum absolute atomic E-state index is 13.7. The van der Waals surface area contributed by atoms with Gasteiger partial charge in [-0.25, -0.2) is 4.90 Å². The fraction of sp³-hybridized carbons (Fsp3) is 0.115. The zero-order valence-electron chi connectivity index (χ0n) is 17.4. The number of benzene rings is 3. The van der Waals surface area contributed by atoms with E-state index in [-0.39, 0.29) is 11.8 Å². The van der Waals surface area contributed by atoms with Crippen LogP contribution in [0.4, 0.5) is 11.4 Å². The van der Waals surface area contributed by atoms with E-state index in [2.05, 4.69) is 6.07 Å². The molecule has 0 radical (unpaired) electrons. The number of fused-ring (bicyclic) bond motifs is 1. The molecule has 2 amide bonds. The Morgan fingerprint density at radius 2 is 1.62 bits per heavy atom. The molecule has 0 aromatic heterocycles. The Morgan fingerprint density at radius 3 is 2.31 bits per heavy atom. The largest absolute Gasteiger partial charge is 0.497 e. The molecule has 0 fully saturated rings. The standard InChI is InChI=1S/C26H19N3O3/c1-32-21-12-8-19(9-13-21)23-24(28-15-14-18-4-2-3-5-22(18)28)26(31)29(25(23)30)20-10-6-17(16-27)7-11-20/h2-13H,14-15H2,1H3. The average molecular weight is 421 g/mol. The molecule has 6 heteroatoms. The maximum Gasteiger partial charge on any atom is 0.282 e. The third kappa shape index (κ3) is 3.03. The number of ether oxygens (including phenoxy) is 1. The van der Waals surface area contributed by atoms with Gasteiger partial charge in [-0.1, -0.05) is 30.3 Å². The number of carbonyl (C=O) groups is 2. The van der Waals surface area contributed by atoms with Crippen LogP contribution in [-0.2, 0) is 16.0 Å². The van der Waals surface area contributed by atoms with Gasteiger partial charge in [0.05, 0.1) is 30.0 Å². The van der Waals surface area contributed by atoms with Crippen molar-refractivity contribution in [3.8, 4) is 11.8 Å². The monoisotopic (exact) mass is 421 g/mol. The number of hydrogen-bond donors (Lipinski definition) is 0. The molecule has 156 valence electrons. The molecule has 32 heavy (non-hydrogen) atoms. The van der Waals surface area contributed by atoms with E-state index in [9.17, 15) is 9.59 Å². The van der Waals surface area contributed by atoms with Gasteiger partial charge in [0, 0.05) is 12.2 Å². The van der Waals surface area contributed by atoms with Crippen molar-refractivity contribution in [1.82, 2.24) is 0 Å². The van der Waals surface area contributed by atoms with Gasteiger partial charge in [-0.05, 0) is 60.0 Å². The molecule has 6 nitrogen and oxygen atoms in total. The van der Waals surface area contributed by atoms with Gasteiger partial charge in [0.1, 0.15) is 11.4 Å². The quantitative estimate of drug-likeness (QED) is 0.597. The molecule has 0 aliphatic carbocycles.